The highest BCUT2D eigenvalue weighted by Crippen LogP contribution is 2.23. The number of carbonyl (C=O) groups is 3. The Bertz CT molecular complexity index is 405. The highest BCUT2D eigenvalue weighted by Gasteiger charge is 2.26. The molecule has 1 fully saturated rings. The Morgan fingerprint density at radius 1 is 1.35 bits per heavy atom. The minimum absolute atomic E-state index is 0.0365. The van der Waals surface area contributed by atoms with Crippen molar-refractivity contribution in [3.63, 3.8) is 0 Å². The summed E-state index contributed by atoms with van der Waals surface area (Å²) in [6, 6.07) is 0. The van der Waals surface area contributed by atoms with Crippen LogP contribution in [0.3, 0.4) is 0 Å². The lowest BCUT2D eigenvalue weighted by Crippen LogP contribution is -2.39. The molecule has 0 atom stereocenters. The minimum atomic E-state index is -0.944. The van der Waals surface area contributed by atoms with Crippen LogP contribution in [-0.4, -0.2) is 58.3 Å². The number of piperidine rings is 1. The third-order valence-corrected chi connectivity index (χ3v) is 4.05. The molecule has 0 aromatic carbocycles. The second-order valence-electron chi connectivity index (χ2n) is 4.34. The Morgan fingerprint density at radius 3 is 2.45 bits per heavy atom. The highest BCUT2D eigenvalue weighted by atomic mass is 32.2. The molecule has 0 aliphatic carbocycles. The van der Waals surface area contributed by atoms with Crippen molar-refractivity contribution in [2.45, 2.75) is 19.8 Å². The van der Waals surface area contributed by atoms with Gasteiger partial charge in [0.1, 0.15) is 0 Å². The van der Waals surface area contributed by atoms with Crippen molar-refractivity contribution in [3.8, 4) is 0 Å². The Hall–Kier alpha value is -1.57. The summed E-state index contributed by atoms with van der Waals surface area (Å²) in [6.45, 7) is 2.57. The first-order valence-corrected chi connectivity index (χ1v) is 7.33. The van der Waals surface area contributed by atoms with Crippen LogP contribution in [0.25, 0.3) is 0 Å². The van der Waals surface area contributed by atoms with E-state index in [1.54, 1.807) is 6.92 Å². The second kappa shape index (κ2) is 7.88. The summed E-state index contributed by atoms with van der Waals surface area (Å²) >= 11 is 1.02. The molecule has 2 N–H and O–H groups in total. The number of amides is 1. The number of esters is 1. The van der Waals surface area contributed by atoms with Crippen LogP contribution in [0.15, 0.2) is 0 Å². The van der Waals surface area contributed by atoms with Crippen LogP contribution in [0.1, 0.15) is 19.8 Å². The maximum Gasteiger partial charge on any atom is 0.407 e. The van der Waals surface area contributed by atoms with Crippen molar-refractivity contribution in [2.75, 3.05) is 25.4 Å². The van der Waals surface area contributed by atoms with E-state index < -0.39 is 17.8 Å². The summed E-state index contributed by atoms with van der Waals surface area (Å²) in [6.07, 6.45) is 0.206. The van der Waals surface area contributed by atoms with Crippen LogP contribution >= 0.6 is 11.8 Å². The molecule has 1 aliphatic heterocycles. The molecule has 7 nitrogen and oxygen atoms in total. The lowest BCUT2D eigenvalue weighted by molar-refractivity contribution is -0.152. The predicted octanol–water partition coefficient (Wildman–Crippen LogP) is 1.22. The van der Waals surface area contributed by atoms with Gasteiger partial charge in [-0.05, 0) is 19.8 Å². The number of hydrogen-bond acceptors (Lipinski definition) is 6. The molecule has 0 bridgehead atoms. The number of rotatable bonds is 5. The topological polar surface area (TPSA) is 108 Å². The summed E-state index contributed by atoms with van der Waals surface area (Å²) in [5, 5.41) is 17.0. The molecule has 1 rings (SSSR count). The molecule has 0 radical (unpaired) electrons. The number of nitrogens with one attached hydrogen (secondary N) is 1. The van der Waals surface area contributed by atoms with Crippen molar-refractivity contribution in [1.29, 1.82) is 5.41 Å². The number of nitrogens with zero attached hydrogens (tertiary/aromatic N) is 1. The number of ketones is 1. The molecule has 0 saturated carbocycles. The zero-order valence-electron chi connectivity index (χ0n) is 11.3. The van der Waals surface area contributed by atoms with E-state index in [2.05, 4.69) is 4.74 Å². The molecule has 1 heterocycles. The van der Waals surface area contributed by atoms with Crippen molar-refractivity contribution >= 4 is 34.7 Å². The summed E-state index contributed by atoms with van der Waals surface area (Å²) in [5.41, 5.74) is 0. The monoisotopic (exact) mass is 302 g/mol. The number of hydrogen-bond donors (Lipinski definition) is 2. The highest BCUT2D eigenvalue weighted by molar-refractivity contribution is 8.14. The van der Waals surface area contributed by atoms with Crippen molar-refractivity contribution in [1.82, 2.24) is 4.90 Å². The summed E-state index contributed by atoms with van der Waals surface area (Å²) in [4.78, 5) is 34.6. The average Bonchev–Trinajstić information content (AvgIpc) is 2.44. The number of Topliss-reactive ketones (excluding diaryl/α,β-unsaturated/α-hetero) is 1. The van der Waals surface area contributed by atoms with E-state index in [0.717, 1.165) is 11.8 Å². The van der Waals surface area contributed by atoms with Gasteiger partial charge in [-0.25, -0.2) is 9.59 Å². The maximum absolute atomic E-state index is 11.4. The van der Waals surface area contributed by atoms with E-state index in [1.165, 1.54) is 4.90 Å². The van der Waals surface area contributed by atoms with Gasteiger partial charge in [-0.2, -0.15) is 0 Å². The van der Waals surface area contributed by atoms with Crippen molar-refractivity contribution in [3.05, 3.63) is 0 Å². The Balaban J connectivity index is 2.32. The van der Waals surface area contributed by atoms with Crippen LogP contribution in [0.5, 0.6) is 0 Å². The molecule has 20 heavy (non-hydrogen) atoms. The average molecular weight is 302 g/mol. The first-order valence-electron chi connectivity index (χ1n) is 6.34. The van der Waals surface area contributed by atoms with Gasteiger partial charge in [-0.15, -0.1) is 11.8 Å². The molecule has 0 aromatic rings. The van der Waals surface area contributed by atoms with Gasteiger partial charge in [0.15, 0.2) is 0 Å². The standard InChI is InChI=1S/C12H18N2O5S/c1-2-19-11(16)9(15)7-20-10(13)8-3-5-14(6-4-8)12(17)18/h8,13H,2-7H2,1H3,(H,17,18). The van der Waals surface area contributed by atoms with E-state index >= 15 is 0 Å². The van der Waals surface area contributed by atoms with E-state index in [4.69, 9.17) is 10.5 Å². The van der Waals surface area contributed by atoms with Crippen LogP contribution in [0.2, 0.25) is 0 Å². The SMILES string of the molecule is CCOC(=O)C(=O)CSC(=N)C1CCN(C(=O)O)CC1. The minimum Gasteiger partial charge on any atom is -0.465 e. The lowest BCUT2D eigenvalue weighted by Gasteiger charge is -2.29. The number of carbonyl (C=O) groups excluding carboxylic acids is 2. The van der Waals surface area contributed by atoms with Gasteiger partial charge in [0.05, 0.1) is 17.4 Å². The molecule has 0 spiro atoms. The van der Waals surface area contributed by atoms with Crippen LogP contribution in [0, 0.1) is 11.3 Å². The first-order chi connectivity index (χ1) is 9.45. The molecule has 8 heteroatoms. The van der Waals surface area contributed by atoms with Gasteiger partial charge < -0.3 is 14.7 Å². The molecule has 1 saturated heterocycles. The molecule has 112 valence electrons. The van der Waals surface area contributed by atoms with E-state index in [9.17, 15) is 14.4 Å². The first kappa shape index (κ1) is 16.5. The smallest absolute Gasteiger partial charge is 0.407 e. The van der Waals surface area contributed by atoms with Crippen molar-refractivity contribution in [2.24, 2.45) is 5.92 Å². The summed E-state index contributed by atoms with van der Waals surface area (Å²) in [5.74, 6) is -1.65. The number of likely N-dealkylation sites (tertiary alicyclic amines) is 1. The van der Waals surface area contributed by atoms with Crippen LogP contribution < -0.4 is 0 Å². The van der Waals surface area contributed by atoms with E-state index in [1.807, 2.05) is 0 Å². The molecule has 1 aliphatic rings. The van der Waals surface area contributed by atoms with E-state index in [-0.39, 0.29) is 18.3 Å². The maximum atomic E-state index is 11.4. The lowest BCUT2D eigenvalue weighted by atomic mass is 9.98. The molecular weight excluding hydrogens is 284 g/mol. The van der Waals surface area contributed by atoms with E-state index in [0.29, 0.717) is 31.0 Å². The fourth-order valence-electron chi connectivity index (χ4n) is 1.86. The van der Waals surface area contributed by atoms with Gasteiger partial charge in [0, 0.05) is 19.0 Å². The number of carboxylic acid groups (broad SMARTS) is 1. The van der Waals surface area contributed by atoms with Gasteiger partial charge in [0.25, 0.3) is 0 Å². The van der Waals surface area contributed by atoms with Gasteiger partial charge in [-0.3, -0.25) is 10.2 Å². The molecular formula is C12H18N2O5S. The fraction of sp³-hybridized carbons (Fsp3) is 0.667. The zero-order valence-corrected chi connectivity index (χ0v) is 12.1. The van der Waals surface area contributed by atoms with Crippen LogP contribution in [-0.2, 0) is 14.3 Å². The zero-order chi connectivity index (χ0) is 15.1. The Morgan fingerprint density at radius 2 is 1.95 bits per heavy atom. The van der Waals surface area contributed by atoms with Crippen molar-refractivity contribution < 1.29 is 24.2 Å². The van der Waals surface area contributed by atoms with Gasteiger partial charge in [0.2, 0.25) is 5.78 Å². The number of ether oxygens (including phenoxy) is 1. The largest absolute Gasteiger partial charge is 0.465 e. The normalized spacial score (nSPS) is 15.8. The molecule has 0 unspecified atom stereocenters. The third-order valence-electron chi connectivity index (χ3n) is 3.00. The second-order valence-corrected chi connectivity index (χ2v) is 5.36. The summed E-state index contributed by atoms with van der Waals surface area (Å²) < 4.78 is 4.58. The third kappa shape index (κ3) is 4.84. The van der Waals surface area contributed by atoms with Crippen LogP contribution in [0.4, 0.5) is 4.79 Å². The molecule has 1 amide bonds. The van der Waals surface area contributed by atoms with Gasteiger partial charge >= 0.3 is 12.1 Å². The fourth-order valence-corrected chi connectivity index (χ4v) is 2.74. The summed E-state index contributed by atoms with van der Waals surface area (Å²) in [7, 11) is 0. The Kier molecular flexibility index (Phi) is 6.50. The quantitative estimate of drug-likeness (QED) is 0.342. The predicted molar refractivity (Wildman–Crippen MR) is 74.1 cm³/mol. The number of thioether (sulfide) groups is 1. The van der Waals surface area contributed by atoms with Gasteiger partial charge in [-0.1, -0.05) is 0 Å². The Labute approximate surface area is 121 Å². The molecule has 0 aromatic heterocycles.